The minimum absolute atomic E-state index is 0.156. The average Bonchev–Trinajstić information content (AvgIpc) is 2.99. The molecule has 0 spiro atoms. The highest BCUT2D eigenvalue weighted by Gasteiger charge is 2.31. The fourth-order valence-electron chi connectivity index (χ4n) is 2.25. The molecule has 0 radical (unpaired) electrons. The Hall–Kier alpha value is -2.23. The predicted molar refractivity (Wildman–Crippen MR) is 86.0 cm³/mol. The minimum Gasteiger partial charge on any atom is -0.334 e. The number of aryl methyl sites for hydroxylation is 2. The van der Waals surface area contributed by atoms with Crippen molar-refractivity contribution in [3.63, 3.8) is 0 Å². The van der Waals surface area contributed by atoms with Crippen LogP contribution in [0.5, 0.6) is 0 Å². The van der Waals surface area contributed by atoms with Gasteiger partial charge in [-0.1, -0.05) is 0 Å². The molecule has 2 rings (SSSR count). The van der Waals surface area contributed by atoms with E-state index in [1.54, 1.807) is 31.9 Å². The van der Waals surface area contributed by atoms with Gasteiger partial charge in [0.15, 0.2) is 0 Å². The van der Waals surface area contributed by atoms with E-state index in [2.05, 4.69) is 26.1 Å². The average molecular weight is 385 g/mol. The molecule has 0 atom stereocenters. The molecule has 23 heavy (non-hydrogen) atoms. The Morgan fingerprint density at radius 2 is 2.17 bits per heavy atom. The van der Waals surface area contributed by atoms with Gasteiger partial charge >= 0.3 is 5.69 Å². The molecule has 1 amide bonds. The van der Waals surface area contributed by atoms with Gasteiger partial charge < -0.3 is 4.90 Å². The van der Waals surface area contributed by atoms with Crippen LogP contribution in [0.3, 0.4) is 0 Å². The molecule has 2 aromatic heterocycles. The van der Waals surface area contributed by atoms with Crippen molar-refractivity contribution in [3.05, 3.63) is 37.9 Å². The maximum Gasteiger partial charge on any atom is 0.322 e. The first kappa shape index (κ1) is 17.1. The highest BCUT2D eigenvalue weighted by molar-refractivity contribution is 9.10. The number of amides is 1. The van der Waals surface area contributed by atoms with E-state index < -0.39 is 10.8 Å². The summed E-state index contributed by atoms with van der Waals surface area (Å²) in [7, 11) is 3.15. The molecule has 2 aromatic rings. The zero-order valence-electron chi connectivity index (χ0n) is 13.3. The Kier molecular flexibility index (Phi) is 4.83. The van der Waals surface area contributed by atoms with Crippen LogP contribution >= 0.6 is 15.9 Å². The SMILES string of the molecule is CCn1ncc(Br)c1CN(C)C(=O)c1nn(C)c(C)c1[N+](=O)[O-]. The molecule has 0 saturated heterocycles. The van der Waals surface area contributed by atoms with Gasteiger partial charge in [-0.15, -0.1) is 0 Å². The first-order valence-corrected chi connectivity index (χ1v) is 7.70. The van der Waals surface area contributed by atoms with Crippen LogP contribution in [0.15, 0.2) is 10.7 Å². The third kappa shape index (κ3) is 3.11. The van der Waals surface area contributed by atoms with Crippen molar-refractivity contribution in [3.8, 4) is 0 Å². The Bertz CT molecular complexity index is 766. The van der Waals surface area contributed by atoms with E-state index in [1.807, 2.05) is 6.92 Å². The van der Waals surface area contributed by atoms with Gasteiger partial charge in [-0.25, -0.2) is 0 Å². The Morgan fingerprint density at radius 1 is 1.52 bits per heavy atom. The zero-order valence-corrected chi connectivity index (χ0v) is 14.9. The van der Waals surface area contributed by atoms with Gasteiger partial charge in [-0.2, -0.15) is 10.2 Å². The van der Waals surface area contributed by atoms with Crippen LogP contribution in [0, 0.1) is 17.0 Å². The number of aromatic nitrogens is 4. The van der Waals surface area contributed by atoms with Crippen molar-refractivity contribution in [1.29, 1.82) is 0 Å². The summed E-state index contributed by atoms with van der Waals surface area (Å²) in [5.41, 5.74) is 0.744. The molecule has 124 valence electrons. The van der Waals surface area contributed by atoms with Crippen molar-refractivity contribution in [2.75, 3.05) is 7.05 Å². The molecule has 0 unspecified atom stereocenters. The lowest BCUT2D eigenvalue weighted by molar-refractivity contribution is -0.385. The van der Waals surface area contributed by atoms with E-state index in [0.717, 1.165) is 10.2 Å². The smallest absolute Gasteiger partial charge is 0.322 e. The maximum atomic E-state index is 12.6. The standard InChI is InChI=1S/C13H17BrN6O3/c1-5-19-10(9(14)6-15-19)7-17(3)13(21)11-12(20(22)23)8(2)18(4)16-11/h6H,5,7H2,1-4H3. The van der Waals surface area contributed by atoms with Crippen LogP contribution in [0.4, 0.5) is 5.69 Å². The molecule has 0 saturated carbocycles. The predicted octanol–water partition coefficient (Wildman–Crippen LogP) is 1.89. The maximum absolute atomic E-state index is 12.6. The number of carbonyl (C=O) groups is 1. The number of rotatable bonds is 5. The Morgan fingerprint density at radius 3 is 2.74 bits per heavy atom. The number of hydrogen-bond acceptors (Lipinski definition) is 5. The van der Waals surface area contributed by atoms with Gasteiger partial charge in [0.2, 0.25) is 5.69 Å². The monoisotopic (exact) mass is 384 g/mol. The molecular weight excluding hydrogens is 368 g/mol. The normalized spacial score (nSPS) is 10.8. The summed E-state index contributed by atoms with van der Waals surface area (Å²) in [6.07, 6.45) is 1.66. The topological polar surface area (TPSA) is 99.1 Å². The highest BCUT2D eigenvalue weighted by Crippen LogP contribution is 2.24. The summed E-state index contributed by atoms with van der Waals surface area (Å²) in [4.78, 5) is 24.6. The fraction of sp³-hybridized carbons (Fsp3) is 0.462. The van der Waals surface area contributed by atoms with Gasteiger partial charge in [0.05, 0.1) is 27.8 Å². The lowest BCUT2D eigenvalue weighted by Crippen LogP contribution is -2.28. The summed E-state index contributed by atoms with van der Waals surface area (Å²) in [6.45, 7) is 4.42. The van der Waals surface area contributed by atoms with Crippen molar-refractivity contribution in [2.24, 2.45) is 7.05 Å². The lowest BCUT2D eigenvalue weighted by atomic mass is 10.2. The van der Waals surface area contributed by atoms with Gasteiger partial charge in [0, 0.05) is 20.6 Å². The number of halogens is 1. The summed E-state index contributed by atoms with van der Waals surface area (Å²) in [6, 6.07) is 0. The van der Waals surface area contributed by atoms with Crippen LogP contribution in [-0.4, -0.2) is 42.3 Å². The molecular formula is C13H17BrN6O3. The molecule has 0 aliphatic carbocycles. The highest BCUT2D eigenvalue weighted by atomic mass is 79.9. The van der Waals surface area contributed by atoms with Gasteiger partial charge in [-0.05, 0) is 29.8 Å². The summed E-state index contributed by atoms with van der Waals surface area (Å²) in [5.74, 6) is -0.504. The molecule has 2 heterocycles. The Labute approximate surface area is 141 Å². The van der Waals surface area contributed by atoms with E-state index >= 15 is 0 Å². The summed E-state index contributed by atoms with van der Waals surface area (Å²) in [5, 5.41) is 19.4. The lowest BCUT2D eigenvalue weighted by Gasteiger charge is -2.16. The largest absolute Gasteiger partial charge is 0.334 e. The fourth-order valence-corrected chi connectivity index (χ4v) is 2.68. The van der Waals surface area contributed by atoms with Gasteiger partial charge in [0.1, 0.15) is 5.69 Å². The molecule has 9 nitrogen and oxygen atoms in total. The molecule has 10 heteroatoms. The number of carbonyl (C=O) groups excluding carboxylic acids is 1. The Balaban J connectivity index is 2.32. The second kappa shape index (κ2) is 6.49. The van der Waals surface area contributed by atoms with Crippen LogP contribution in [0.1, 0.15) is 28.8 Å². The van der Waals surface area contributed by atoms with Crippen LogP contribution in [-0.2, 0) is 20.1 Å². The summed E-state index contributed by atoms with van der Waals surface area (Å²) >= 11 is 3.40. The van der Waals surface area contributed by atoms with Crippen LogP contribution in [0.25, 0.3) is 0 Å². The second-order valence-electron chi connectivity index (χ2n) is 5.08. The zero-order chi connectivity index (χ0) is 17.3. The van der Waals surface area contributed by atoms with Crippen molar-refractivity contribution >= 4 is 27.5 Å². The van der Waals surface area contributed by atoms with Crippen molar-refractivity contribution in [2.45, 2.75) is 26.9 Å². The quantitative estimate of drug-likeness (QED) is 0.578. The number of hydrogen-bond donors (Lipinski definition) is 0. The molecule has 0 fully saturated rings. The van der Waals surface area contributed by atoms with Crippen molar-refractivity contribution < 1.29 is 9.72 Å². The third-order valence-corrected chi connectivity index (χ3v) is 4.28. The second-order valence-corrected chi connectivity index (χ2v) is 5.93. The van der Waals surface area contributed by atoms with Gasteiger partial charge in [-0.3, -0.25) is 24.3 Å². The molecule has 0 aromatic carbocycles. The first-order valence-electron chi connectivity index (χ1n) is 6.91. The molecule has 0 bridgehead atoms. The minimum atomic E-state index is -0.574. The first-order chi connectivity index (χ1) is 10.8. The van der Waals surface area contributed by atoms with E-state index in [1.165, 1.54) is 9.58 Å². The molecule has 0 aliphatic rings. The van der Waals surface area contributed by atoms with Crippen LogP contribution < -0.4 is 0 Å². The van der Waals surface area contributed by atoms with Crippen LogP contribution in [0.2, 0.25) is 0 Å². The number of nitro groups is 1. The van der Waals surface area contributed by atoms with E-state index in [0.29, 0.717) is 12.2 Å². The van der Waals surface area contributed by atoms with Gasteiger partial charge in [0.25, 0.3) is 5.91 Å². The van der Waals surface area contributed by atoms with E-state index in [-0.39, 0.29) is 17.9 Å². The number of nitrogens with zero attached hydrogens (tertiary/aromatic N) is 6. The molecule has 0 aliphatic heterocycles. The van der Waals surface area contributed by atoms with E-state index in [4.69, 9.17) is 0 Å². The van der Waals surface area contributed by atoms with E-state index in [9.17, 15) is 14.9 Å². The third-order valence-electron chi connectivity index (χ3n) is 3.62. The molecule has 0 N–H and O–H groups in total. The van der Waals surface area contributed by atoms with Crippen molar-refractivity contribution in [1.82, 2.24) is 24.5 Å². The summed E-state index contributed by atoms with van der Waals surface area (Å²) < 4.78 is 3.88.